The SMILES string of the molecule is C[Si](C)(C)CCOCN1C(=O)C2(c3ccc(Cl)cc31)[C@@H](c1cccc(Cl)c1)CCC(=O)N2CC1CC1. The first-order chi connectivity index (χ1) is 17.1. The van der Waals surface area contributed by atoms with Crippen LogP contribution in [0.4, 0.5) is 5.69 Å². The number of hydrogen-bond acceptors (Lipinski definition) is 3. The molecule has 1 saturated heterocycles. The van der Waals surface area contributed by atoms with E-state index in [4.69, 9.17) is 27.9 Å². The van der Waals surface area contributed by atoms with Crippen molar-refractivity contribution in [3.05, 3.63) is 63.6 Å². The van der Waals surface area contributed by atoms with Gasteiger partial charge in [0, 0.05) is 49.2 Å². The fourth-order valence-corrected chi connectivity index (χ4v) is 6.79. The lowest BCUT2D eigenvalue weighted by atomic mass is 9.69. The average molecular weight is 546 g/mol. The third-order valence-corrected chi connectivity index (χ3v) is 9.89. The number of carbonyl (C=O) groups is 2. The van der Waals surface area contributed by atoms with E-state index in [2.05, 4.69) is 19.6 Å². The highest BCUT2D eigenvalue weighted by atomic mass is 35.5. The van der Waals surface area contributed by atoms with Gasteiger partial charge < -0.3 is 9.64 Å². The molecule has 0 aromatic heterocycles. The van der Waals surface area contributed by atoms with E-state index in [0.29, 0.717) is 42.0 Å². The molecule has 1 aliphatic carbocycles. The molecule has 36 heavy (non-hydrogen) atoms. The molecule has 5 nitrogen and oxygen atoms in total. The van der Waals surface area contributed by atoms with Crippen molar-refractivity contribution in [1.82, 2.24) is 4.90 Å². The molecule has 192 valence electrons. The number of carbonyl (C=O) groups excluding carboxylic acids is 2. The number of hydrogen-bond donors (Lipinski definition) is 0. The van der Waals surface area contributed by atoms with Crippen molar-refractivity contribution >= 4 is 48.8 Å². The van der Waals surface area contributed by atoms with Crippen LogP contribution < -0.4 is 4.90 Å². The molecule has 1 unspecified atom stereocenters. The Morgan fingerprint density at radius 2 is 1.78 bits per heavy atom. The lowest BCUT2D eigenvalue weighted by Crippen LogP contribution is -2.61. The quantitative estimate of drug-likeness (QED) is 0.275. The maximum Gasteiger partial charge on any atom is 0.260 e. The van der Waals surface area contributed by atoms with Crippen LogP contribution in [0.1, 0.15) is 42.7 Å². The minimum absolute atomic E-state index is 0.0379. The maximum absolute atomic E-state index is 14.7. The first-order valence-corrected chi connectivity index (χ1v) is 17.3. The summed E-state index contributed by atoms with van der Waals surface area (Å²) in [5, 5.41) is 1.18. The molecule has 2 atom stereocenters. The van der Waals surface area contributed by atoms with Crippen LogP contribution in [0, 0.1) is 5.92 Å². The Morgan fingerprint density at radius 1 is 1.03 bits per heavy atom. The number of ether oxygens (including phenoxy) is 1. The van der Waals surface area contributed by atoms with Gasteiger partial charge in [0.2, 0.25) is 5.91 Å². The summed E-state index contributed by atoms with van der Waals surface area (Å²) in [5.41, 5.74) is 1.42. The van der Waals surface area contributed by atoms with E-state index in [0.717, 1.165) is 35.7 Å². The molecule has 1 saturated carbocycles. The molecule has 2 aliphatic heterocycles. The number of amides is 2. The van der Waals surface area contributed by atoms with Crippen LogP contribution in [-0.2, 0) is 19.9 Å². The Hall–Kier alpha value is -1.86. The van der Waals surface area contributed by atoms with Gasteiger partial charge >= 0.3 is 0 Å². The fourth-order valence-electron chi connectivity index (χ4n) is 5.67. The van der Waals surface area contributed by atoms with Gasteiger partial charge in [-0.05, 0) is 61.1 Å². The summed E-state index contributed by atoms with van der Waals surface area (Å²) in [7, 11) is -1.28. The smallest absolute Gasteiger partial charge is 0.260 e. The van der Waals surface area contributed by atoms with Gasteiger partial charge in [-0.25, -0.2) is 0 Å². The number of rotatable bonds is 8. The average Bonchev–Trinajstić information content (AvgIpc) is 3.60. The van der Waals surface area contributed by atoms with E-state index in [-0.39, 0.29) is 24.5 Å². The monoisotopic (exact) mass is 544 g/mol. The normalized spacial score (nSPS) is 24.1. The molecule has 1 spiro atoms. The lowest BCUT2D eigenvalue weighted by molar-refractivity contribution is -0.154. The predicted octanol–water partition coefficient (Wildman–Crippen LogP) is 6.66. The summed E-state index contributed by atoms with van der Waals surface area (Å²) >= 11 is 12.9. The number of fused-ring (bicyclic) bond motifs is 2. The molecule has 2 heterocycles. The van der Waals surface area contributed by atoms with Crippen LogP contribution in [0.25, 0.3) is 0 Å². The predicted molar refractivity (Wildman–Crippen MR) is 147 cm³/mol. The summed E-state index contributed by atoms with van der Waals surface area (Å²) < 4.78 is 6.08. The van der Waals surface area contributed by atoms with Gasteiger partial charge in [-0.15, -0.1) is 0 Å². The highest BCUT2D eigenvalue weighted by Gasteiger charge is 2.63. The number of benzene rings is 2. The van der Waals surface area contributed by atoms with Crippen molar-refractivity contribution in [3.8, 4) is 0 Å². The summed E-state index contributed by atoms with van der Waals surface area (Å²) in [4.78, 5) is 31.8. The first-order valence-electron chi connectivity index (χ1n) is 12.9. The van der Waals surface area contributed by atoms with Gasteiger partial charge in [0.1, 0.15) is 6.73 Å². The van der Waals surface area contributed by atoms with Crippen LogP contribution in [0.3, 0.4) is 0 Å². The Balaban J connectivity index is 1.61. The second kappa shape index (κ2) is 9.79. The van der Waals surface area contributed by atoms with Crippen LogP contribution in [0.15, 0.2) is 42.5 Å². The molecule has 0 N–H and O–H groups in total. The summed E-state index contributed by atoms with van der Waals surface area (Å²) in [5.74, 6) is 0.156. The zero-order valence-electron chi connectivity index (χ0n) is 21.2. The summed E-state index contributed by atoms with van der Waals surface area (Å²) in [6.45, 7) is 8.26. The van der Waals surface area contributed by atoms with Gasteiger partial charge in [-0.2, -0.15) is 0 Å². The highest BCUT2D eigenvalue weighted by Crippen LogP contribution is 2.57. The Labute approximate surface area is 224 Å². The zero-order chi connectivity index (χ0) is 25.7. The molecule has 2 amide bonds. The third-order valence-electron chi connectivity index (χ3n) is 7.72. The molecule has 0 radical (unpaired) electrons. The van der Waals surface area contributed by atoms with E-state index < -0.39 is 13.6 Å². The topological polar surface area (TPSA) is 49.9 Å². The molecule has 0 bridgehead atoms. The molecule has 5 rings (SSSR count). The molecule has 8 heteroatoms. The number of likely N-dealkylation sites (tertiary alicyclic amines) is 1. The van der Waals surface area contributed by atoms with Crippen molar-refractivity contribution < 1.29 is 14.3 Å². The highest BCUT2D eigenvalue weighted by molar-refractivity contribution is 6.76. The first kappa shape index (κ1) is 25.8. The molecule has 2 fully saturated rings. The Morgan fingerprint density at radius 3 is 2.47 bits per heavy atom. The van der Waals surface area contributed by atoms with Gasteiger partial charge in [0.15, 0.2) is 5.54 Å². The second-order valence-corrected chi connectivity index (χ2v) is 18.1. The standard InChI is InChI=1S/C28H34Cl2N2O3Si/c1-36(2,3)14-13-35-18-31-25-16-22(30)9-10-24(25)28(27(31)34)23(20-5-4-6-21(29)15-20)11-12-26(33)32(28)17-19-7-8-19/h4-6,9-10,15-16,19,23H,7-8,11-14,17-18H2,1-3H3/t23-,28?/m1/s1. The van der Waals surface area contributed by atoms with E-state index >= 15 is 0 Å². The molecule has 2 aromatic carbocycles. The number of anilines is 1. The molecular formula is C28H34Cl2N2O3Si. The van der Waals surface area contributed by atoms with Crippen LogP contribution >= 0.6 is 23.2 Å². The summed E-state index contributed by atoms with van der Waals surface area (Å²) in [6.07, 6.45) is 3.17. The number of nitrogens with zero attached hydrogens (tertiary/aromatic N) is 2. The lowest BCUT2D eigenvalue weighted by Gasteiger charge is -2.49. The van der Waals surface area contributed by atoms with Gasteiger partial charge in [0.05, 0.1) is 5.69 Å². The van der Waals surface area contributed by atoms with Gasteiger partial charge in [0.25, 0.3) is 5.91 Å². The van der Waals surface area contributed by atoms with E-state index in [9.17, 15) is 9.59 Å². The van der Waals surface area contributed by atoms with Crippen molar-refractivity contribution in [2.45, 2.75) is 62.8 Å². The maximum atomic E-state index is 14.7. The van der Waals surface area contributed by atoms with Crippen LogP contribution in [0.2, 0.25) is 35.7 Å². The van der Waals surface area contributed by atoms with Crippen molar-refractivity contribution in [2.24, 2.45) is 5.92 Å². The van der Waals surface area contributed by atoms with E-state index in [1.54, 1.807) is 4.90 Å². The molecule has 3 aliphatic rings. The minimum atomic E-state index is -1.28. The fraction of sp³-hybridized carbons (Fsp3) is 0.500. The van der Waals surface area contributed by atoms with Crippen LogP contribution in [-0.4, -0.2) is 44.7 Å². The van der Waals surface area contributed by atoms with Crippen LogP contribution in [0.5, 0.6) is 0 Å². The Kier molecular flexibility index (Phi) is 7.01. The van der Waals surface area contributed by atoms with Crippen molar-refractivity contribution in [3.63, 3.8) is 0 Å². The third kappa shape index (κ3) is 4.73. The van der Waals surface area contributed by atoms with Crippen molar-refractivity contribution in [1.29, 1.82) is 0 Å². The molecular weight excluding hydrogens is 511 g/mol. The van der Waals surface area contributed by atoms with Gasteiger partial charge in [-0.1, -0.05) is 61.0 Å². The Bertz CT molecular complexity index is 1180. The minimum Gasteiger partial charge on any atom is -0.361 e. The summed E-state index contributed by atoms with van der Waals surface area (Å²) in [6, 6.07) is 14.4. The number of halogens is 2. The van der Waals surface area contributed by atoms with E-state index in [1.165, 1.54) is 0 Å². The number of piperidine rings is 1. The van der Waals surface area contributed by atoms with Gasteiger partial charge in [-0.3, -0.25) is 14.5 Å². The second-order valence-electron chi connectivity index (χ2n) is 11.6. The largest absolute Gasteiger partial charge is 0.361 e. The van der Waals surface area contributed by atoms with Crippen molar-refractivity contribution in [2.75, 3.05) is 24.8 Å². The zero-order valence-corrected chi connectivity index (χ0v) is 23.7. The van der Waals surface area contributed by atoms with E-state index in [1.807, 2.05) is 47.4 Å². The molecule has 2 aromatic rings.